The Morgan fingerprint density at radius 2 is 2.10 bits per heavy atom. The van der Waals surface area contributed by atoms with Crippen LogP contribution in [0.4, 0.5) is 0 Å². The van der Waals surface area contributed by atoms with Crippen molar-refractivity contribution in [1.82, 2.24) is 24.8 Å². The second-order valence-corrected chi connectivity index (χ2v) is 5.99. The Balaban J connectivity index is 1.51. The maximum Gasteiger partial charge on any atom is 0.244 e. The highest BCUT2D eigenvalue weighted by Crippen LogP contribution is 2.20. The van der Waals surface area contributed by atoms with Crippen LogP contribution in [0.3, 0.4) is 0 Å². The van der Waals surface area contributed by atoms with Gasteiger partial charge in [0.15, 0.2) is 0 Å². The van der Waals surface area contributed by atoms with Gasteiger partial charge in [-0.3, -0.25) is 9.69 Å². The second kappa shape index (κ2) is 6.53. The molecule has 1 unspecified atom stereocenters. The fourth-order valence-corrected chi connectivity index (χ4v) is 3.30. The Bertz CT molecular complexity index is 482. The van der Waals surface area contributed by atoms with Crippen LogP contribution in [0.5, 0.6) is 0 Å². The number of rotatable bonds is 4. The molecule has 2 aliphatic rings. The molecule has 116 valence electrons. The summed E-state index contributed by atoms with van der Waals surface area (Å²) in [6.45, 7) is 4.72. The van der Waals surface area contributed by atoms with E-state index in [-0.39, 0.29) is 12.5 Å². The lowest BCUT2D eigenvalue weighted by Crippen LogP contribution is -2.42. The normalized spacial score (nSPS) is 23.7. The van der Waals surface area contributed by atoms with E-state index in [2.05, 4.69) is 15.2 Å². The van der Waals surface area contributed by atoms with Crippen LogP contribution in [0.15, 0.2) is 6.20 Å². The third-order valence-corrected chi connectivity index (χ3v) is 4.52. The zero-order valence-electron chi connectivity index (χ0n) is 12.4. The fraction of sp³-hybridized carbons (Fsp3) is 0.786. The average molecular weight is 292 g/mol. The van der Waals surface area contributed by atoms with E-state index < -0.39 is 0 Å². The van der Waals surface area contributed by atoms with Crippen molar-refractivity contribution in [2.24, 2.45) is 5.73 Å². The first-order valence-electron chi connectivity index (χ1n) is 7.87. The number of piperidine rings is 1. The SMILES string of the molecule is NCc1cn(CC(=O)N2CCC(N3CCCCC3)C2)nn1. The van der Waals surface area contributed by atoms with Crippen molar-refractivity contribution in [3.05, 3.63) is 11.9 Å². The van der Waals surface area contributed by atoms with Crippen molar-refractivity contribution in [2.45, 2.75) is 44.8 Å². The first kappa shape index (κ1) is 14.5. The third kappa shape index (κ3) is 3.41. The maximum atomic E-state index is 12.3. The molecule has 1 atom stereocenters. The monoisotopic (exact) mass is 292 g/mol. The largest absolute Gasteiger partial charge is 0.339 e. The first-order chi connectivity index (χ1) is 10.3. The molecule has 0 aliphatic carbocycles. The molecule has 0 saturated carbocycles. The van der Waals surface area contributed by atoms with Crippen LogP contribution in [0.1, 0.15) is 31.4 Å². The van der Waals surface area contributed by atoms with Gasteiger partial charge in [-0.25, -0.2) is 4.68 Å². The second-order valence-electron chi connectivity index (χ2n) is 5.99. The van der Waals surface area contributed by atoms with E-state index in [9.17, 15) is 4.79 Å². The summed E-state index contributed by atoms with van der Waals surface area (Å²) in [7, 11) is 0. The van der Waals surface area contributed by atoms with Gasteiger partial charge in [0.2, 0.25) is 5.91 Å². The van der Waals surface area contributed by atoms with Gasteiger partial charge in [-0.15, -0.1) is 5.10 Å². The smallest absolute Gasteiger partial charge is 0.244 e. The minimum atomic E-state index is 0.128. The summed E-state index contributed by atoms with van der Waals surface area (Å²) in [4.78, 5) is 16.8. The van der Waals surface area contributed by atoms with Crippen LogP contribution in [-0.2, 0) is 17.9 Å². The zero-order chi connectivity index (χ0) is 14.7. The van der Waals surface area contributed by atoms with Crippen LogP contribution in [0.25, 0.3) is 0 Å². The number of carbonyl (C=O) groups is 1. The van der Waals surface area contributed by atoms with Crippen LogP contribution in [0, 0.1) is 0 Å². The first-order valence-corrected chi connectivity index (χ1v) is 7.87. The highest BCUT2D eigenvalue weighted by Gasteiger charge is 2.30. The molecule has 3 rings (SSSR count). The lowest BCUT2D eigenvalue weighted by atomic mass is 10.1. The average Bonchev–Trinajstić information content (AvgIpc) is 3.17. The molecule has 0 bridgehead atoms. The van der Waals surface area contributed by atoms with E-state index >= 15 is 0 Å². The van der Waals surface area contributed by atoms with Crippen molar-refractivity contribution in [3.8, 4) is 0 Å². The maximum absolute atomic E-state index is 12.3. The molecule has 7 heteroatoms. The Labute approximate surface area is 125 Å². The van der Waals surface area contributed by atoms with Gasteiger partial charge in [0, 0.05) is 25.7 Å². The lowest BCUT2D eigenvalue weighted by molar-refractivity contribution is -0.131. The molecule has 7 nitrogen and oxygen atoms in total. The van der Waals surface area contributed by atoms with Crippen molar-refractivity contribution < 1.29 is 4.79 Å². The molecule has 1 amide bonds. The molecule has 2 N–H and O–H groups in total. The molecule has 21 heavy (non-hydrogen) atoms. The minimum Gasteiger partial charge on any atom is -0.339 e. The Morgan fingerprint density at radius 1 is 1.29 bits per heavy atom. The number of carbonyl (C=O) groups excluding carboxylic acids is 1. The van der Waals surface area contributed by atoms with E-state index in [4.69, 9.17) is 5.73 Å². The summed E-state index contributed by atoms with van der Waals surface area (Å²) < 4.78 is 1.58. The molecule has 2 fully saturated rings. The van der Waals surface area contributed by atoms with Gasteiger partial charge < -0.3 is 10.6 Å². The number of amides is 1. The Kier molecular flexibility index (Phi) is 4.50. The number of likely N-dealkylation sites (tertiary alicyclic amines) is 2. The quantitative estimate of drug-likeness (QED) is 0.833. The van der Waals surface area contributed by atoms with Gasteiger partial charge in [0.05, 0.1) is 11.9 Å². The van der Waals surface area contributed by atoms with Crippen molar-refractivity contribution >= 4 is 5.91 Å². The van der Waals surface area contributed by atoms with Gasteiger partial charge in [-0.05, 0) is 32.4 Å². The molecule has 3 heterocycles. The van der Waals surface area contributed by atoms with Gasteiger partial charge in [-0.2, -0.15) is 0 Å². The third-order valence-electron chi connectivity index (χ3n) is 4.52. The van der Waals surface area contributed by atoms with E-state index in [1.807, 2.05) is 4.90 Å². The van der Waals surface area contributed by atoms with Crippen LogP contribution in [-0.4, -0.2) is 62.9 Å². The van der Waals surface area contributed by atoms with Gasteiger partial charge in [-0.1, -0.05) is 11.6 Å². The summed E-state index contributed by atoms with van der Waals surface area (Å²) in [5.74, 6) is 0.128. The fourth-order valence-electron chi connectivity index (χ4n) is 3.30. The van der Waals surface area contributed by atoms with Crippen LogP contribution < -0.4 is 5.73 Å². The molecule has 0 radical (unpaired) electrons. The number of nitrogens with zero attached hydrogens (tertiary/aromatic N) is 5. The minimum absolute atomic E-state index is 0.128. The summed E-state index contributed by atoms with van der Waals surface area (Å²) >= 11 is 0. The van der Waals surface area contributed by atoms with Crippen LogP contribution >= 0.6 is 0 Å². The van der Waals surface area contributed by atoms with Crippen molar-refractivity contribution in [2.75, 3.05) is 26.2 Å². The number of aromatic nitrogens is 3. The van der Waals surface area contributed by atoms with Gasteiger partial charge in [0.25, 0.3) is 0 Å². The van der Waals surface area contributed by atoms with Crippen molar-refractivity contribution in [3.63, 3.8) is 0 Å². The summed E-state index contributed by atoms with van der Waals surface area (Å²) in [6, 6.07) is 0.546. The van der Waals surface area contributed by atoms with E-state index in [0.717, 1.165) is 25.2 Å². The Morgan fingerprint density at radius 3 is 2.81 bits per heavy atom. The summed E-state index contributed by atoms with van der Waals surface area (Å²) in [5.41, 5.74) is 6.22. The molecular formula is C14H24N6O. The van der Waals surface area contributed by atoms with Gasteiger partial charge >= 0.3 is 0 Å². The highest BCUT2D eigenvalue weighted by molar-refractivity contribution is 5.76. The molecular weight excluding hydrogens is 268 g/mol. The number of hydrogen-bond donors (Lipinski definition) is 1. The van der Waals surface area contributed by atoms with E-state index in [1.54, 1.807) is 10.9 Å². The summed E-state index contributed by atoms with van der Waals surface area (Å²) in [6.07, 6.45) is 6.78. The number of nitrogens with two attached hydrogens (primary N) is 1. The van der Waals surface area contributed by atoms with Crippen molar-refractivity contribution in [1.29, 1.82) is 0 Å². The molecule has 2 saturated heterocycles. The summed E-state index contributed by atoms with van der Waals surface area (Å²) in [5, 5.41) is 7.85. The van der Waals surface area contributed by atoms with E-state index in [1.165, 1.54) is 32.4 Å². The highest BCUT2D eigenvalue weighted by atomic mass is 16.2. The molecule has 0 spiro atoms. The van der Waals surface area contributed by atoms with Gasteiger partial charge in [0.1, 0.15) is 6.54 Å². The molecule has 1 aromatic rings. The predicted octanol–water partition coefficient (Wildman–Crippen LogP) is -0.176. The standard InChI is InChI=1S/C14H24N6O/c15-8-12-9-20(17-16-12)11-14(21)19-7-4-13(10-19)18-5-2-1-3-6-18/h9,13H,1-8,10-11,15H2. The Hall–Kier alpha value is -1.47. The predicted molar refractivity (Wildman–Crippen MR) is 78.3 cm³/mol. The molecule has 1 aromatic heterocycles. The zero-order valence-corrected chi connectivity index (χ0v) is 12.4. The molecule has 2 aliphatic heterocycles. The topological polar surface area (TPSA) is 80.3 Å². The molecule has 0 aromatic carbocycles. The van der Waals surface area contributed by atoms with Crippen LogP contribution in [0.2, 0.25) is 0 Å². The van der Waals surface area contributed by atoms with E-state index in [0.29, 0.717) is 12.6 Å². The lowest BCUT2D eigenvalue weighted by Gasteiger charge is -2.32. The number of hydrogen-bond acceptors (Lipinski definition) is 5.